The van der Waals surface area contributed by atoms with Gasteiger partial charge in [-0.3, -0.25) is 4.98 Å². The van der Waals surface area contributed by atoms with Gasteiger partial charge in [-0.25, -0.2) is 0 Å². The Bertz CT molecular complexity index is 455. The Morgan fingerprint density at radius 2 is 2.07 bits per heavy atom. The van der Waals surface area contributed by atoms with Gasteiger partial charge >= 0.3 is 0 Å². The number of fused-ring (bicyclic) bond motifs is 1. The Labute approximate surface area is 83.0 Å². The van der Waals surface area contributed by atoms with Crippen LogP contribution >= 0.6 is 0 Å². The molecule has 2 aromatic rings. The summed E-state index contributed by atoms with van der Waals surface area (Å²) in [5.41, 5.74) is 2.29. The number of nitrogens with one attached hydrogen (secondary N) is 1. The first-order valence-electron chi connectivity index (χ1n) is 5.04. The van der Waals surface area contributed by atoms with E-state index < -0.39 is 0 Å². The molecule has 1 aromatic heterocycles. The molecule has 2 nitrogen and oxygen atoms in total. The van der Waals surface area contributed by atoms with E-state index in [0.717, 1.165) is 5.52 Å². The summed E-state index contributed by atoms with van der Waals surface area (Å²) < 4.78 is 0. The molecule has 0 radical (unpaired) electrons. The van der Waals surface area contributed by atoms with Gasteiger partial charge in [0, 0.05) is 23.3 Å². The number of anilines is 1. The van der Waals surface area contributed by atoms with E-state index in [1.807, 2.05) is 18.3 Å². The van der Waals surface area contributed by atoms with E-state index >= 15 is 0 Å². The molecule has 0 spiro atoms. The van der Waals surface area contributed by atoms with E-state index in [-0.39, 0.29) is 0 Å². The molecule has 0 amide bonds. The third-order valence-corrected chi connectivity index (χ3v) is 2.58. The Morgan fingerprint density at radius 3 is 2.93 bits per heavy atom. The Morgan fingerprint density at radius 1 is 1.14 bits per heavy atom. The number of hydrogen-bond donors (Lipinski definition) is 1. The molecule has 2 heteroatoms. The fourth-order valence-electron chi connectivity index (χ4n) is 1.68. The molecule has 0 bridgehead atoms. The second kappa shape index (κ2) is 2.98. The molecular weight excluding hydrogens is 172 g/mol. The second-order valence-corrected chi connectivity index (χ2v) is 3.79. The zero-order chi connectivity index (χ0) is 9.38. The molecule has 1 saturated carbocycles. The molecule has 70 valence electrons. The van der Waals surface area contributed by atoms with E-state index in [9.17, 15) is 0 Å². The van der Waals surface area contributed by atoms with Crippen LogP contribution in [0.2, 0.25) is 0 Å². The first kappa shape index (κ1) is 7.80. The first-order valence-corrected chi connectivity index (χ1v) is 5.04. The van der Waals surface area contributed by atoms with Crippen molar-refractivity contribution in [1.29, 1.82) is 0 Å². The fourth-order valence-corrected chi connectivity index (χ4v) is 1.68. The van der Waals surface area contributed by atoms with Crippen LogP contribution in [-0.2, 0) is 0 Å². The van der Waals surface area contributed by atoms with Crippen molar-refractivity contribution >= 4 is 16.6 Å². The zero-order valence-corrected chi connectivity index (χ0v) is 7.90. The van der Waals surface area contributed by atoms with Crippen molar-refractivity contribution in [3.05, 3.63) is 36.5 Å². The molecule has 14 heavy (non-hydrogen) atoms. The van der Waals surface area contributed by atoms with Gasteiger partial charge in [0.05, 0.1) is 5.52 Å². The van der Waals surface area contributed by atoms with Crippen LogP contribution < -0.4 is 5.32 Å². The van der Waals surface area contributed by atoms with Gasteiger partial charge in [-0.1, -0.05) is 6.07 Å². The van der Waals surface area contributed by atoms with Gasteiger partial charge in [0.2, 0.25) is 0 Å². The van der Waals surface area contributed by atoms with Crippen LogP contribution in [0, 0.1) is 0 Å². The smallest absolute Gasteiger partial charge is 0.0722 e. The zero-order valence-electron chi connectivity index (χ0n) is 7.90. The van der Waals surface area contributed by atoms with E-state index in [2.05, 4.69) is 28.5 Å². The minimum atomic E-state index is 0.695. The molecule has 1 aromatic carbocycles. The molecule has 1 heterocycles. The summed E-state index contributed by atoms with van der Waals surface area (Å²) >= 11 is 0. The minimum Gasteiger partial charge on any atom is -0.382 e. The van der Waals surface area contributed by atoms with Crippen molar-refractivity contribution in [2.45, 2.75) is 18.9 Å². The lowest BCUT2D eigenvalue weighted by molar-refractivity contribution is 1.16. The number of aromatic nitrogens is 1. The summed E-state index contributed by atoms with van der Waals surface area (Å²) in [6, 6.07) is 11.0. The van der Waals surface area contributed by atoms with E-state index in [1.165, 1.54) is 23.9 Å². The largest absolute Gasteiger partial charge is 0.382 e. The summed E-state index contributed by atoms with van der Waals surface area (Å²) in [5, 5.41) is 4.74. The molecule has 0 aliphatic heterocycles. The third-order valence-electron chi connectivity index (χ3n) is 2.58. The Kier molecular flexibility index (Phi) is 1.66. The molecule has 1 fully saturated rings. The maximum Gasteiger partial charge on any atom is 0.0722 e. The van der Waals surface area contributed by atoms with Crippen molar-refractivity contribution < 1.29 is 0 Å². The van der Waals surface area contributed by atoms with Gasteiger partial charge in [0.15, 0.2) is 0 Å². The normalized spacial score (nSPS) is 15.7. The maximum atomic E-state index is 4.33. The van der Waals surface area contributed by atoms with Gasteiger partial charge in [-0.2, -0.15) is 0 Å². The highest BCUT2D eigenvalue weighted by Gasteiger charge is 2.21. The van der Waals surface area contributed by atoms with Gasteiger partial charge in [-0.05, 0) is 37.1 Å². The van der Waals surface area contributed by atoms with Gasteiger partial charge in [0.1, 0.15) is 0 Å². The molecular formula is C12H12N2. The third kappa shape index (κ3) is 1.33. The van der Waals surface area contributed by atoms with E-state index in [4.69, 9.17) is 0 Å². The highest BCUT2D eigenvalue weighted by Crippen LogP contribution is 2.28. The topological polar surface area (TPSA) is 24.9 Å². The maximum absolute atomic E-state index is 4.33. The standard InChI is InChI=1S/C12H12N2/c1-4-11-10(3-2-8-13-11)12(5-1)14-9-6-7-9/h1-5,8-9,14H,6-7H2. The van der Waals surface area contributed by atoms with Crippen LogP contribution in [0.4, 0.5) is 5.69 Å². The number of rotatable bonds is 2. The van der Waals surface area contributed by atoms with Gasteiger partial charge in [-0.15, -0.1) is 0 Å². The molecule has 0 saturated heterocycles. The van der Waals surface area contributed by atoms with Crippen LogP contribution in [0.1, 0.15) is 12.8 Å². The average molecular weight is 184 g/mol. The molecule has 1 N–H and O–H groups in total. The van der Waals surface area contributed by atoms with Crippen LogP contribution in [0.5, 0.6) is 0 Å². The lowest BCUT2D eigenvalue weighted by Crippen LogP contribution is -2.01. The number of nitrogens with zero attached hydrogens (tertiary/aromatic N) is 1. The monoisotopic (exact) mass is 184 g/mol. The first-order chi connectivity index (χ1) is 6.93. The van der Waals surface area contributed by atoms with E-state index in [1.54, 1.807) is 0 Å². The van der Waals surface area contributed by atoms with Crippen molar-refractivity contribution in [3.63, 3.8) is 0 Å². The quantitative estimate of drug-likeness (QED) is 0.776. The Balaban J connectivity index is 2.11. The highest BCUT2D eigenvalue weighted by atomic mass is 15.0. The van der Waals surface area contributed by atoms with Crippen LogP contribution in [0.15, 0.2) is 36.5 Å². The lowest BCUT2D eigenvalue weighted by atomic mass is 10.2. The number of hydrogen-bond acceptors (Lipinski definition) is 2. The van der Waals surface area contributed by atoms with Crippen molar-refractivity contribution in [1.82, 2.24) is 4.98 Å². The molecule has 0 unspecified atom stereocenters. The summed E-state index contributed by atoms with van der Waals surface area (Å²) in [6.45, 7) is 0. The Hall–Kier alpha value is -1.57. The second-order valence-electron chi connectivity index (χ2n) is 3.79. The van der Waals surface area contributed by atoms with Gasteiger partial charge in [0.25, 0.3) is 0 Å². The summed E-state index contributed by atoms with van der Waals surface area (Å²) in [6.07, 6.45) is 4.44. The minimum absolute atomic E-state index is 0.695. The number of benzene rings is 1. The predicted octanol–water partition coefficient (Wildman–Crippen LogP) is 2.81. The molecule has 3 rings (SSSR count). The fraction of sp³-hybridized carbons (Fsp3) is 0.250. The predicted molar refractivity (Wildman–Crippen MR) is 58.4 cm³/mol. The van der Waals surface area contributed by atoms with Crippen molar-refractivity contribution in [2.24, 2.45) is 0 Å². The lowest BCUT2D eigenvalue weighted by Gasteiger charge is -2.07. The molecule has 1 aliphatic carbocycles. The summed E-state index contributed by atoms with van der Waals surface area (Å²) in [7, 11) is 0. The van der Waals surface area contributed by atoms with E-state index in [0.29, 0.717) is 6.04 Å². The summed E-state index contributed by atoms with van der Waals surface area (Å²) in [5.74, 6) is 0. The highest BCUT2D eigenvalue weighted by molar-refractivity contribution is 5.91. The van der Waals surface area contributed by atoms with Crippen LogP contribution in [0.3, 0.4) is 0 Å². The summed E-state index contributed by atoms with van der Waals surface area (Å²) in [4.78, 5) is 4.33. The van der Waals surface area contributed by atoms with Crippen LogP contribution in [-0.4, -0.2) is 11.0 Å². The van der Waals surface area contributed by atoms with Crippen molar-refractivity contribution in [3.8, 4) is 0 Å². The van der Waals surface area contributed by atoms with Crippen molar-refractivity contribution in [2.75, 3.05) is 5.32 Å². The molecule has 1 aliphatic rings. The van der Waals surface area contributed by atoms with Gasteiger partial charge < -0.3 is 5.32 Å². The average Bonchev–Trinajstić information content (AvgIpc) is 3.03. The molecule has 0 atom stereocenters. The SMILES string of the molecule is c1cc(NC2CC2)c2cccnc2c1. The van der Waals surface area contributed by atoms with Crippen LogP contribution in [0.25, 0.3) is 10.9 Å². The number of pyridine rings is 1.